The number of carboxylic acid groups (broad SMARTS) is 1. The summed E-state index contributed by atoms with van der Waals surface area (Å²) in [6.07, 6.45) is 2.19. The number of amides is 1. The second kappa shape index (κ2) is 3.09. The van der Waals surface area contributed by atoms with Gasteiger partial charge in [-0.1, -0.05) is 6.07 Å². The Hall–Kier alpha value is -1.84. The molecule has 1 heterocycles. The summed E-state index contributed by atoms with van der Waals surface area (Å²) in [7, 11) is 0. The Morgan fingerprint density at radius 2 is 2.06 bits per heavy atom. The Labute approximate surface area is 98.9 Å². The van der Waals surface area contributed by atoms with E-state index in [1.807, 2.05) is 6.07 Å². The van der Waals surface area contributed by atoms with Crippen LogP contribution in [0, 0.1) is 0 Å². The summed E-state index contributed by atoms with van der Waals surface area (Å²) in [5, 5.41) is 8.98. The van der Waals surface area contributed by atoms with Crippen molar-refractivity contribution in [3.8, 4) is 0 Å². The first-order valence-electron chi connectivity index (χ1n) is 5.69. The van der Waals surface area contributed by atoms with Crippen LogP contribution >= 0.6 is 0 Å². The number of hydrogen-bond acceptors (Lipinski definition) is 2. The molecule has 0 radical (unpaired) electrons. The van der Waals surface area contributed by atoms with E-state index in [1.165, 1.54) is 6.92 Å². The number of carbonyl (C=O) groups excluding carboxylic acids is 1. The number of nitrogens with zero attached hydrogens (tertiary/aromatic N) is 1. The Bertz CT molecular complexity index is 531. The van der Waals surface area contributed by atoms with Crippen molar-refractivity contribution in [3.63, 3.8) is 0 Å². The summed E-state index contributed by atoms with van der Waals surface area (Å²) in [6.45, 7) is 2.24. The molecule has 1 aliphatic heterocycles. The standard InChI is InChI=1S/C13H13NO3/c1-8(15)14-7-13(4-5-13)10-3-2-9(12(16)17)6-11(10)14/h2-3,6H,4-5,7H2,1H3,(H,16,17). The van der Waals surface area contributed by atoms with Crippen molar-refractivity contribution in [2.75, 3.05) is 11.4 Å². The van der Waals surface area contributed by atoms with Gasteiger partial charge in [-0.3, -0.25) is 4.79 Å². The van der Waals surface area contributed by atoms with Crippen molar-refractivity contribution >= 4 is 17.6 Å². The second-order valence-electron chi connectivity index (χ2n) is 4.92. The Morgan fingerprint density at radius 3 is 2.59 bits per heavy atom. The highest BCUT2D eigenvalue weighted by atomic mass is 16.4. The summed E-state index contributed by atoms with van der Waals surface area (Å²) in [5.41, 5.74) is 2.29. The third-order valence-corrected chi connectivity index (χ3v) is 3.80. The quantitative estimate of drug-likeness (QED) is 0.801. The van der Waals surface area contributed by atoms with E-state index in [0.717, 1.165) is 24.1 Å². The molecule has 0 aromatic heterocycles. The molecule has 2 aliphatic rings. The highest BCUT2D eigenvalue weighted by molar-refractivity contribution is 5.97. The SMILES string of the molecule is CC(=O)N1CC2(CC2)c2ccc(C(=O)O)cc21. The number of hydrogen-bond donors (Lipinski definition) is 1. The van der Waals surface area contributed by atoms with Gasteiger partial charge in [-0.2, -0.15) is 0 Å². The number of benzene rings is 1. The minimum atomic E-state index is -0.951. The molecule has 1 fully saturated rings. The minimum Gasteiger partial charge on any atom is -0.478 e. The van der Waals surface area contributed by atoms with E-state index < -0.39 is 5.97 Å². The highest BCUT2D eigenvalue weighted by Crippen LogP contribution is 2.56. The fraction of sp³-hybridized carbons (Fsp3) is 0.385. The van der Waals surface area contributed by atoms with Crippen LogP contribution in [0.15, 0.2) is 18.2 Å². The zero-order valence-corrected chi connectivity index (χ0v) is 9.56. The van der Waals surface area contributed by atoms with Crippen LogP contribution in [0.3, 0.4) is 0 Å². The van der Waals surface area contributed by atoms with Crippen molar-refractivity contribution in [1.82, 2.24) is 0 Å². The summed E-state index contributed by atoms with van der Waals surface area (Å²) < 4.78 is 0. The van der Waals surface area contributed by atoms with Crippen molar-refractivity contribution in [1.29, 1.82) is 0 Å². The average Bonchev–Trinajstić information content (AvgIpc) is 2.97. The van der Waals surface area contributed by atoms with Crippen LogP contribution in [0.2, 0.25) is 0 Å². The molecule has 4 nitrogen and oxygen atoms in total. The predicted octanol–water partition coefficient (Wildman–Crippen LogP) is 1.78. The Kier molecular flexibility index (Phi) is 1.88. The van der Waals surface area contributed by atoms with E-state index >= 15 is 0 Å². The van der Waals surface area contributed by atoms with Crippen LogP contribution < -0.4 is 4.90 Å². The third kappa shape index (κ3) is 1.37. The number of aromatic carboxylic acids is 1. The molecule has 1 spiro atoms. The lowest BCUT2D eigenvalue weighted by Gasteiger charge is -2.15. The van der Waals surface area contributed by atoms with Crippen LogP contribution in [-0.2, 0) is 10.2 Å². The van der Waals surface area contributed by atoms with Crippen LogP contribution in [0.25, 0.3) is 0 Å². The van der Waals surface area contributed by atoms with Crippen molar-refractivity contribution in [3.05, 3.63) is 29.3 Å². The fourth-order valence-corrected chi connectivity index (χ4v) is 2.67. The molecule has 0 bridgehead atoms. The molecule has 1 aliphatic carbocycles. The van der Waals surface area contributed by atoms with Gasteiger partial charge in [0.1, 0.15) is 0 Å². The molecule has 1 aromatic carbocycles. The molecule has 0 saturated heterocycles. The predicted molar refractivity (Wildman–Crippen MR) is 62.3 cm³/mol. The summed E-state index contributed by atoms with van der Waals surface area (Å²) in [4.78, 5) is 24.2. The first kappa shape index (κ1) is 10.3. The maximum absolute atomic E-state index is 11.6. The zero-order valence-electron chi connectivity index (χ0n) is 9.56. The van der Waals surface area contributed by atoms with E-state index in [2.05, 4.69) is 0 Å². The van der Waals surface area contributed by atoms with Gasteiger partial charge in [0.2, 0.25) is 5.91 Å². The number of anilines is 1. The van der Waals surface area contributed by atoms with E-state index in [0.29, 0.717) is 6.54 Å². The lowest BCUT2D eigenvalue weighted by molar-refractivity contribution is -0.116. The smallest absolute Gasteiger partial charge is 0.335 e. The zero-order chi connectivity index (χ0) is 12.2. The average molecular weight is 231 g/mol. The van der Waals surface area contributed by atoms with Crippen molar-refractivity contribution < 1.29 is 14.7 Å². The van der Waals surface area contributed by atoms with Gasteiger partial charge in [-0.25, -0.2) is 4.79 Å². The highest BCUT2D eigenvalue weighted by Gasteiger charge is 2.52. The molecule has 3 rings (SSSR count). The number of carbonyl (C=O) groups is 2. The van der Waals surface area contributed by atoms with Gasteiger partial charge in [0.25, 0.3) is 0 Å². The lowest BCUT2D eigenvalue weighted by atomic mass is 9.97. The number of carboxylic acids is 1. The first-order chi connectivity index (χ1) is 8.03. The summed E-state index contributed by atoms with van der Waals surface area (Å²) >= 11 is 0. The van der Waals surface area contributed by atoms with E-state index in [1.54, 1.807) is 17.0 Å². The molecule has 4 heteroatoms. The number of rotatable bonds is 1. The molecule has 17 heavy (non-hydrogen) atoms. The minimum absolute atomic E-state index is 0.0161. The van der Waals surface area contributed by atoms with Crippen LogP contribution in [0.1, 0.15) is 35.7 Å². The number of fused-ring (bicyclic) bond motifs is 2. The monoisotopic (exact) mass is 231 g/mol. The van der Waals surface area contributed by atoms with E-state index in [9.17, 15) is 9.59 Å². The molecule has 88 valence electrons. The van der Waals surface area contributed by atoms with E-state index in [-0.39, 0.29) is 16.9 Å². The van der Waals surface area contributed by atoms with Gasteiger partial charge >= 0.3 is 5.97 Å². The maximum Gasteiger partial charge on any atom is 0.335 e. The largest absolute Gasteiger partial charge is 0.478 e. The lowest BCUT2D eigenvalue weighted by Crippen LogP contribution is -2.29. The van der Waals surface area contributed by atoms with Gasteiger partial charge < -0.3 is 10.0 Å². The first-order valence-corrected chi connectivity index (χ1v) is 5.69. The van der Waals surface area contributed by atoms with Gasteiger partial charge in [-0.15, -0.1) is 0 Å². The normalized spacial score (nSPS) is 19.2. The molecule has 0 unspecified atom stereocenters. The van der Waals surface area contributed by atoms with Crippen LogP contribution in [0.4, 0.5) is 5.69 Å². The van der Waals surface area contributed by atoms with Crippen LogP contribution in [-0.4, -0.2) is 23.5 Å². The van der Waals surface area contributed by atoms with Gasteiger partial charge in [-0.05, 0) is 30.5 Å². The van der Waals surface area contributed by atoms with Gasteiger partial charge in [0, 0.05) is 24.6 Å². The van der Waals surface area contributed by atoms with Gasteiger partial charge in [0.15, 0.2) is 0 Å². The van der Waals surface area contributed by atoms with Crippen LogP contribution in [0.5, 0.6) is 0 Å². The third-order valence-electron chi connectivity index (χ3n) is 3.80. The molecule has 1 N–H and O–H groups in total. The Morgan fingerprint density at radius 1 is 1.35 bits per heavy atom. The van der Waals surface area contributed by atoms with E-state index in [4.69, 9.17) is 5.11 Å². The Balaban J connectivity index is 2.13. The molecule has 0 atom stereocenters. The van der Waals surface area contributed by atoms with Gasteiger partial charge in [0.05, 0.1) is 5.56 Å². The summed E-state index contributed by atoms with van der Waals surface area (Å²) in [5.74, 6) is -0.967. The molecule has 1 saturated carbocycles. The topological polar surface area (TPSA) is 57.6 Å². The molecular weight excluding hydrogens is 218 g/mol. The molecule has 1 amide bonds. The summed E-state index contributed by atoms with van der Waals surface area (Å²) in [6, 6.07) is 5.12. The van der Waals surface area contributed by atoms with Crippen molar-refractivity contribution in [2.24, 2.45) is 0 Å². The second-order valence-corrected chi connectivity index (χ2v) is 4.92. The molecular formula is C13H13NO3. The maximum atomic E-state index is 11.6. The fourth-order valence-electron chi connectivity index (χ4n) is 2.67. The molecule has 1 aromatic rings. The van der Waals surface area contributed by atoms with Crippen molar-refractivity contribution in [2.45, 2.75) is 25.2 Å².